The number of carbonyl (C=O) groups is 2. The fourth-order valence-corrected chi connectivity index (χ4v) is 3.40. The lowest BCUT2D eigenvalue weighted by molar-refractivity contribution is -0.126. The summed E-state index contributed by atoms with van der Waals surface area (Å²) in [6.45, 7) is 3.86. The number of amides is 2. The Hall–Kier alpha value is -1.67. The molecular weight excluding hydrogens is 418 g/mol. The van der Waals surface area contributed by atoms with E-state index in [9.17, 15) is 9.59 Å². The lowest BCUT2D eigenvalue weighted by atomic mass is 9.89. The molecule has 0 saturated heterocycles. The van der Waals surface area contributed by atoms with E-state index in [1.165, 1.54) is 6.42 Å². The van der Waals surface area contributed by atoms with Crippen molar-refractivity contribution in [3.05, 3.63) is 28.2 Å². The smallest absolute Gasteiger partial charge is 0.257 e. The van der Waals surface area contributed by atoms with Gasteiger partial charge in [0.2, 0.25) is 5.91 Å². The minimum atomic E-state index is -0.369. The second kappa shape index (κ2) is 9.87. The fraction of sp³-hybridized carbons (Fsp3) is 0.500. The summed E-state index contributed by atoms with van der Waals surface area (Å²) in [5.41, 5.74) is 5.60. The van der Waals surface area contributed by atoms with Crippen molar-refractivity contribution in [1.29, 1.82) is 0 Å². The number of carbonyl (C=O) groups excluding carboxylic acids is 2. The quantitative estimate of drug-likeness (QED) is 0.492. The largest absolute Gasteiger partial charge is 0.490 e. The number of hydrogen-bond acceptors (Lipinski definition) is 4. The zero-order valence-electron chi connectivity index (χ0n) is 14.9. The lowest BCUT2D eigenvalue weighted by Gasteiger charge is -2.21. The zero-order valence-corrected chi connectivity index (χ0v) is 17.3. The summed E-state index contributed by atoms with van der Waals surface area (Å²) in [5.74, 6) is 0.224. The van der Waals surface area contributed by atoms with Crippen LogP contribution in [0.5, 0.6) is 5.75 Å². The van der Waals surface area contributed by atoms with Gasteiger partial charge in [-0.2, -0.15) is 0 Å². The molecule has 1 saturated carbocycles. The van der Waals surface area contributed by atoms with E-state index in [1.54, 1.807) is 18.2 Å². The van der Waals surface area contributed by atoms with E-state index in [4.69, 9.17) is 17.0 Å². The van der Waals surface area contributed by atoms with Gasteiger partial charge in [0.15, 0.2) is 5.11 Å². The van der Waals surface area contributed by atoms with E-state index in [2.05, 4.69) is 32.1 Å². The van der Waals surface area contributed by atoms with E-state index in [0.717, 1.165) is 25.7 Å². The molecule has 0 unspecified atom stereocenters. The second-order valence-electron chi connectivity index (χ2n) is 6.54. The van der Waals surface area contributed by atoms with Crippen molar-refractivity contribution in [1.82, 2.24) is 16.2 Å². The molecule has 6 nitrogen and oxygen atoms in total. The Morgan fingerprint density at radius 3 is 2.50 bits per heavy atom. The van der Waals surface area contributed by atoms with Gasteiger partial charge in [-0.1, -0.05) is 19.3 Å². The standard InChI is InChI=1S/C18H24BrN3O3S/c1-11(2)25-15-9-8-13(10-14(15)19)16(23)20-18(26)22-21-17(24)12-6-4-3-5-7-12/h8-12H,3-7H2,1-2H3,(H,21,24)(H2,20,22,23,26). The molecule has 0 heterocycles. The van der Waals surface area contributed by atoms with Crippen LogP contribution in [0.4, 0.5) is 0 Å². The highest BCUT2D eigenvalue weighted by molar-refractivity contribution is 9.10. The van der Waals surface area contributed by atoms with Crippen LogP contribution in [-0.2, 0) is 4.79 Å². The predicted octanol–water partition coefficient (Wildman–Crippen LogP) is 3.45. The SMILES string of the molecule is CC(C)Oc1ccc(C(=O)NC(=S)NNC(=O)C2CCCCC2)cc1Br. The number of hydrogen-bond donors (Lipinski definition) is 3. The van der Waals surface area contributed by atoms with Crippen LogP contribution in [0.3, 0.4) is 0 Å². The van der Waals surface area contributed by atoms with Crippen molar-refractivity contribution in [2.75, 3.05) is 0 Å². The van der Waals surface area contributed by atoms with Gasteiger partial charge in [0, 0.05) is 11.5 Å². The minimum Gasteiger partial charge on any atom is -0.490 e. The molecule has 1 fully saturated rings. The Bertz CT molecular complexity index is 676. The van der Waals surface area contributed by atoms with Gasteiger partial charge < -0.3 is 4.74 Å². The van der Waals surface area contributed by atoms with Crippen LogP contribution in [0.1, 0.15) is 56.3 Å². The summed E-state index contributed by atoms with van der Waals surface area (Å²) in [5, 5.41) is 2.60. The minimum absolute atomic E-state index is 0.0132. The van der Waals surface area contributed by atoms with Crippen LogP contribution in [0.25, 0.3) is 0 Å². The van der Waals surface area contributed by atoms with Crippen LogP contribution in [-0.4, -0.2) is 23.0 Å². The van der Waals surface area contributed by atoms with Crippen LogP contribution in [0.15, 0.2) is 22.7 Å². The van der Waals surface area contributed by atoms with E-state index in [-0.39, 0.29) is 28.9 Å². The van der Waals surface area contributed by atoms with Gasteiger partial charge in [0.05, 0.1) is 10.6 Å². The predicted molar refractivity (Wildman–Crippen MR) is 108 cm³/mol. The number of rotatable bonds is 4. The maximum atomic E-state index is 12.3. The first kappa shape index (κ1) is 20.6. The van der Waals surface area contributed by atoms with E-state index in [1.807, 2.05) is 13.8 Å². The molecular formula is C18H24BrN3O3S. The number of halogens is 1. The summed E-state index contributed by atoms with van der Waals surface area (Å²) < 4.78 is 6.30. The molecule has 0 bridgehead atoms. The third kappa shape index (κ3) is 6.25. The van der Waals surface area contributed by atoms with Crippen LogP contribution >= 0.6 is 28.1 Å². The molecule has 1 aromatic rings. The Kier molecular flexibility index (Phi) is 7.84. The van der Waals surface area contributed by atoms with Gasteiger partial charge in [0.25, 0.3) is 5.91 Å². The van der Waals surface area contributed by atoms with Gasteiger partial charge >= 0.3 is 0 Å². The average molecular weight is 442 g/mol. The molecule has 1 aliphatic rings. The normalized spacial score (nSPS) is 14.6. The molecule has 26 heavy (non-hydrogen) atoms. The first-order valence-corrected chi connectivity index (χ1v) is 9.94. The third-order valence-corrected chi connectivity index (χ3v) is 4.88. The van der Waals surface area contributed by atoms with Crippen molar-refractivity contribution in [2.45, 2.75) is 52.1 Å². The van der Waals surface area contributed by atoms with E-state index < -0.39 is 0 Å². The molecule has 8 heteroatoms. The maximum absolute atomic E-state index is 12.3. The highest BCUT2D eigenvalue weighted by Crippen LogP contribution is 2.27. The molecule has 0 radical (unpaired) electrons. The van der Waals surface area contributed by atoms with Gasteiger partial charge in [-0.05, 0) is 73.0 Å². The zero-order chi connectivity index (χ0) is 19.1. The summed E-state index contributed by atoms with van der Waals surface area (Å²) in [6, 6.07) is 5.04. The molecule has 2 rings (SSSR count). The monoisotopic (exact) mass is 441 g/mol. The van der Waals surface area contributed by atoms with E-state index in [0.29, 0.717) is 15.8 Å². The highest BCUT2D eigenvalue weighted by atomic mass is 79.9. The van der Waals surface area contributed by atoms with Crippen molar-refractivity contribution < 1.29 is 14.3 Å². The first-order valence-electron chi connectivity index (χ1n) is 8.74. The van der Waals surface area contributed by atoms with Crippen LogP contribution in [0, 0.1) is 5.92 Å². The third-order valence-electron chi connectivity index (χ3n) is 4.06. The van der Waals surface area contributed by atoms with Crippen molar-refractivity contribution in [3.8, 4) is 5.75 Å². The summed E-state index contributed by atoms with van der Waals surface area (Å²) >= 11 is 8.47. The van der Waals surface area contributed by atoms with Crippen LogP contribution in [0.2, 0.25) is 0 Å². The van der Waals surface area contributed by atoms with Gasteiger partial charge in [-0.15, -0.1) is 0 Å². The number of hydrazine groups is 1. The Morgan fingerprint density at radius 2 is 1.88 bits per heavy atom. The highest BCUT2D eigenvalue weighted by Gasteiger charge is 2.21. The van der Waals surface area contributed by atoms with Gasteiger partial charge in [-0.3, -0.25) is 25.8 Å². The maximum Gasteiger partial charge on any atom is 0.257 e. The fourth-order valence-electron chi connectivity index (χ4n) is 2.78. The molecule has 2 amide bonds. The number of nitrogens with one attached hydrogen (secondary N) is 3. The van der Waals surface area contributed by atoms with Crippen molar-refractivity contribution >= 4 is 45.1 Å². The second-order valence-corrected chi connectivity index (χ2v) is 7.81. The number of ether oxygens (including phenoxy) is 1. The van der Waals surface area contributed by atoms with Crippen molar-refractivity contribution in [2.24, 2.45) is 5.92 Å². The molecule has 0 aliphatic heterocycles. The molecule has 3 N–H and O–H groups in total. The molecule has 1 aromatic carbocycles. The summed E-state index contributed by atoms with van der Waals surface area (Å²) in [4.78, 5) is 24.3. The Morgan fingerprint density at radius 1 is 1.19 bits per heavy atom. The Balaban J connectivity index is 1.83. The molecule has 142 valence electrons. The first-order chi connectivity index (χ1) is 12.4. The van der Waals surface area contributed by atoms with E-state index >= 15 is 0 Å². The summed E-state index contributed by atoms with van der Waals surface area (Å²) in [7, 11) is 0. The number of benzene rings is 1. The molecule has 1 aliphatic carbocycles. The van der Waals surface area contributed by atoms with Gasteiger partial charge in [0.1, 0.15) is 5.75 Å². The topological polar surface area (TPSA) is 79.5 Å². The summed E-state index contributed by atoms with van der Waals surface area (Å²) in [6.07, 6.45) is 5.16. The number of thiocarbonyl (C=S) groups is 1. The van der Waals surface area contributed by atoms with Crippen molar-refractivity contribution in [3.63, 3.8) is 0 Å². The Labute approximate surface area is 167 Å². The lowest BCUT2D eigenvalue weighted by Crippen LogP contribution is -2.50. The molecule has 0 atom stereocenters. The van der Waals surface area contributed by atoms with Gasteiger partial charge in [-0.25, -0.2) is 0 Å². The van der Waals surface area contributed by atoms with Crippen LogP contribution < -0.4 is 20.9 Å². The molecule has 0 spiro atoms. The average Bonchev–Trinajstić information content (AvgIpc) is 2.61. The molecule has 0 aromatic heterocycles.